The second-order valence-electron chi connectivity index (χ2n) is 6.87. The lowest BCUT2D eigenvalue weighted by Crippen LogP contribution is -2.48. The first kappa shape index (κ1) is 15.5. The molecule has 1 heterocycles. The average Bonchev–Trinajstić information content (AvgIpc) is 2.88. The molecule has 2 fully saturated rings. The Morgan fingerprint density at radius 2 is 1.67 bits per heavy atom. The predicted molar refractivity (Wildman–Crippen MR) is 93.4 cm³/mol. The van der Waals surface area contributed by atoms with Crippen LogP contribution in [0.15, 0.2) is 36.4 Å². The van der Waals surface area contributed by atoms with Crippen LogP contribution in [0.3, 0.4) is 0 Å². The predicted octanol–water partition coefficient (Wildman–Crippen LogP) is 3.35. The van der Waals surface area contributed by atoms with Crippen LogP contribution in [0.5, 0.6) is 5.75 Å². The number of benzene rings is 2. The number of likely N-dealkylation sites (tertiary alicyclic amines) is 1. The van der Waals surface area contributed by atoms with E-state index in [9.17, 15) is 4.79 Å². The Morgan fingerprint density at radius 3 is 2.29 bits per heavy atom. The fourth-order valence-corrected chi connectivity index (χ4v) is 4.53. The standard InChI is InChI=1S/C20H23NO3/c1-23-18-10-9-17(15-5-3-4-6-16(15)18)20(22)21-11-13-7-8-14(12-21)19(13)24-2/h3-6,9-10,13-14,19H,7-8,11-12H2,1-2H3/t13-,14+,19?. The van der Waals surface area contributed by atoms with E-state index in [1.165, 1.54) is 0 Å². The van der Waals surface area contributed by atoms with E-state index in [1.807, 2.05) is 41.3 Å². The van der Waals surface area contributed by atoms with Crippen LogP contribution in [0.2, 0.25) is 0 Å². The Labute approximate surface area is 142 Å². The van der Waals surface area contributed by atoms with Crippen molar-refractivity contribution in [1.82, 2.24) is 4.90 Å². The Morgan fingerprint density at radius 1 is 1.00 bits per heavy atom. The highest BCUT2D eigenvalue weighted by atomic mass is 16.5. The van der Waals surface area contributed by atoms with Crippen LogP contribution >= 0.6 is 0 Å². The molecule has 3 atom stereocenters. The van der Waals surface area contributed by atoms with Gasteiger partial charge in [0.15, 0.2) is 0 Å². The molecule has 0 N–H and O–H groups in total. The SMILES string of the molecule is COc1ccc(C(=O)N2C[C@H]3CC[C@@H](C2)C3OC)c2ccccc12. The maximum Gasteiger partial charge on any atom is 0.254 e. The van der Waals surface area contributed by atoms with Crippen molar-refractivity contribution in [3.05, 3.63) is 42.0 Å². The molecule has 1 saturated carbocycles. The summed E-state index contributed by atoms with van der Waals surface area (Å²) in [5.74, 6) is 1.88. The van der Waals surface area contributed by atoms with Crippen LogP contribution in [0.1, 0.15) is 23.2 Å². The van der Waals surface area contributed by atoms with Gasteiger partial charge in [-0.2, -0.15) is 0 Å². The number of amides is 1. The number of hydrogen-bond donors (Lipinski definition) is 0. The topological polar surface area (TPSA) is 38.8 Å². The van der Waals surface area contributed by atoms with E-state index in [2.05, 4.69) is 0 Å². The normalized spacial score (nSPS) is 25.9. The van der Waals surface area contributed by atoms with Crippen LogP contribution in [-0.2, 0) is 4.74 Å². The zero-order chi connectivity index (χ0) is 16.7. The summed E-state index contributed by atoms with van der Waals surface area (Å²) < 4.78 is 11.1. The second-order valence-corrected chi connectivity index (χ2v) is 6.87. The minimum absolute atomic E-state index is 0.125. The van der Waals surface area contributed by atoms with Crippen molar-refractivity contribution in [3.8, 4) is 5.75 Å². The molecule has 24 heavy (non-hydrogen) atoms. The molecule has 0 aromatic heterocycles. The molecule has 2 aromatic carbocycles. The van der Waals surface area contributed by atoms with Gasteiger partial charge in [0.1, 0.15) is 5.75 Å². The van der Waals surface area contributed by atoms with E-state index in [0.717, 1.165) is 48.0 Å². The number of rotatable bonds is 3. The number of nitrogens with zero attached hydrogens (tertiary/aromatic N) is 1. The Kier molecular flexibility index (Phi) is 3.93. The molecule has 2 aliphatic rings. The van der Waals surface area contributed by atoms with Crippen LogP contribution in [0.4, 0.5) is 0 Å². The van der Waals surface area contributed by atoms with Gasteiger partial charge in [0.05, 0.1) is 13.2 Å². The van der Waals surface area contributed by atoms with Gasteiger partial charge in [-0.25, -0.2) is 0 Å². The van der Waals surface area contributed by atoms with Crippen molar-refractivity contribution >= 4 is 16.7 Å². The zero-order valence-corrected chi connectivity index (χ0v) is 14.2. The van der Waals surface area contributed by atoms with Gasteiger partial charge >= 0.3 is 0 Å². The third kappa shape index (κ3) is 2.37. The summed E-state index contributed by atoms with van der Waals surface area (Å²) in [6, 6.07) is 11.7. The van der Waals surface area contributed by atoms with E-state index in [4.69, 9.17) is 9.47 Å². The monoisotopic (exact) mass is 325 g/mol. The maximum atomic E-state index is 13.2. The lowest BCUT2D eigenvalue weighted by Gasteiger charge is -2.37. The minimum atomic E-state index is 0.125. The Balaban J connectivity index is 1.68. The average molecular weight is 325 g/mol. The van der Waals surface area contributed by atoms with Gasteiger partial charge in [-0.05, 0) is 30.4 Å². The van der Waals surface area contributed by atoms with Crippen molar-refractivity contribution in [2.75, 3.05) is 27.3 Å². The molecule has 2 aromatic rings. The second kappa shape index (κ2) is 6.10. The molecule has 4 nitrogen and oxygen atoms in total. The van der Waals surface area contributed by atoms with Gasteiger partial charge in [0, 0.05) is 43.0 Å². The largest absolute Gasteiger partial charge is 0.496 e. The lowest BCUT2D eigenvalue weighted by atomic mass is 9.93. The summed E-state index contributed by atoms with van der Waals surface area (Å²) in [5.41, 5.74) is 0.765. The number of fused-ring (bicyclic) bond motifs is 3. The summed E-state index contributed by atoms with van der Waals surface area (Å²) in [6.07, 6.45) is 2.65. The Bertz CT molecular complexity index is 759. The summed E-state index contributed by atoms with van der Waals surface area (Å²) in [6.45, 7) is 1.60. The molecule has 0 radical (unpaired) electrons. The summed E-state index contributed by atoms with van der Waals surface area (Å²) in [5, 5.41) is 1.95. The van der Waals surface area contributed by atoms with E-state index in [-0.39, 0.29) is 5.91 Å². The third-order valence-corrected chi connectivity index (χ3v) is 5.64. The molecule has 4 rings (SSSR count). The first-order valence-electron chi connectivity index (χ1n) is 8.60. The lowest BCUT2D eigenvalue weighted by molar-refractivity contribution is -0.0113. The molecule has 1 aliphatic carbocycles. The Hall–Kier alpha value is -2.07. The molecule has 2 bridgehead atoms. The number of piperidine rings is 1. The molecule has 4 heteroatoms. The minimum Gasteiger partial charge on any atom is -0.496 e. The molecular formula is C20H23NO3. The molecular weight excluding hydrogens is 302 g/mol. The highest BCUT2D eigenvalue weighted by molar-refractivity contribution is 6.08. The van der Waals surface area contributed by atoms with E-state index in [0.29, 0.717) is 17.9 Å². The number of carbonyl (C=O) groups is 1. The number of carbonyl (C=O) groups excluding carboxylic acids is 1. The van der Waals surface area contributed by atoms with Gasteiger partial charge in [0.25, 0.3) is 5.91 Å². The van der Waals surface area contributed by atoms with Gasteiger partial charge in [-0.3, -0.25) is 4.79 Å². The summed E-state index contributed by atoms with van der Waals surface area (Å²) in [7, 11) is 3.46. The number of ether oxygens (including phenoxy) is 2. The molecule has 126 valence electrons. The number of hydrogen-bond acceptors (Lipinski definition) is 3. The quantitative estimate of drug-likeness (QED) is 0.869. The highest BCUT2D eigenvalue weighted by Gasteiger charge is 2.43. The molecule has 1 saturated heterocycles. The smallest absolute Gasteiger partial charge is 0.254 e. The van der Waals surface area contributed by atoms with Crippen molar-refractivity contribution in [1.29, 1.82) is 0 Å². The molecule has 0 spiro atoms. The summed E-state index contributed by atoms with van der Waals surface area (Å²) >= 11 is 0. The van der Waals surface area contributed by atoms with Gasteiger partial charge in [-0.15, -0.1) is 0 Å². The van der Waals surface area contributed by atoms with E-state index in [1.54, 1.807) is 14.2 Å². The van der Waals surface area contributed by atoms with Crippen LogP contribution in [0.25, 0.3) is 10.8 Å². The van der Waals surface area contributed by atoms with Gasteiger partial charge in [0.2, 0.25) is 0 Å². The summed E-state index contributed by atoms with van der Waals surface area (Å²) in [4.78, 5) is 15.2. The van der Waals surface area contributed by atoms with Crippen molar-refractivity contribution < 1.29 is 14.3 Å². The third-order valence-electron chi connectivity index (χ3n) is 5.64. The van der Waals surface area contributed by atoms with E-state index >= 15 is 0 Å². The fraction of sp³-hybridized carbons (Fsp3) is 0.450. The van der Waals surface area contributed by atoms with Crippen LogP contribution in [0, 0.1) is 11.8 Å². The van der Waals surface area contributed by atoms with Crippen LogP contribution in [-0.4, -0.2) is 44.2 Å². The highest BCUT2D eigenvalue weighted by Crippen LogP contribution is 2.39. The van der Waals surface area contributed by atoms with Crippen molar-refractivity contribution in [2.45, 2.75) is 18.9 Å². The molecule has 1 amide bonds. The fourth-order valence-electron chi connectivity index (χ4n) is 4.53. The maximum absolute atomic E-state index is 13.2. The first-order chi connectivity index (χ1) is 11.7. The number of methoxy groups -OCH3 is 2. The van der Waals surface area contributed by atoms with Crippen molar-refractivity contribution in [2.24, 2.45) is 11.8 Å². The van der Waals surface area contributed by atoms with E-state index < -0.39 is 0 Å². The zero-order valence-electron chi connectivity index (χ0n) is 14.2. The first-order valence-corrected chi connectivity index (χ1v) is 8.60. The molecule has 1 unspecified atom stereocenters. The van der Waals surface area contributed by atoms with Crippen molar-refractivity contribution in [3.63, 3.8) is 0 Å². The molecule has 1 aliphatic heterocycles. The van der Waals surface area contributed by atoms with Gasteiger partial charge in [-0.1, -0.05) is 24.3 Å². The van der Waals surface area contributed by atoms with Crippen LogP contribution < -0.4 is 4.74 Å². The van der Waals surface area contributed by atoms with Gasteiger partial charge < -0.3 is 14.4 Å².